The fraction of sp³-hybridized carbons (Fsp3) is 0.900. The molecule has 0 aliphatic carbocycles. The predicted molar refractivity (Wildman–Crippen MR) is 61.2 cm³/mol. The molecule has 1 heterocycles. The Balaban J connectivity index is 2.56. The van der Waals surface area contributed by atoms with Crippen LogP contribution in [0.25, 0.3) is 0 Å². The Bertz CT molecular complexity index is 211. The molecule has 0 spiro atoms. The number of amidine groups is 1. The van der Waals surface area contributed by atoms with Crippen LogP contribution in [0.1, 0.15) is 19.8 Å². The average Bonchev–Trinajstić information content (AvgIpc) is 2.26. The fourth-order valence-corrected chi connectivity index (χ4v) is 1.99. The molecule has 0 bridgehead atoms. The van der Waals surface area contributed by atoms with Gasteiger partial charge in [-0.2, -0.15) is 0 Å². The molecule has 1 atom stereocenters. The van der Waals surface area contributed by atoms with Crippen molar-refractivity contribution >= 4 is 5.84 Å². The van der Waals surface area contributed by atoms with E-state index < -0.39 is 0 Å². The van der Waals surface area contributed by atoms with Crippen molar-refractivity contribution in [2.24, 2.45) is 10.9 Å². The number of oxime groups is 1. The van der Waals surface area contributed by atoms with Crippen LogP contribution in [0.4, 0.5) is 0 Å². The van der Waals surface area contributed by atoms with Crippen LogP contribution in [0.3, 0.4) is 0 Å². The summed E-state index contributed by atoms with van der Waals surface area (Å²) in [6, 6.07) is 0.105. The number of hydrogen-bond donors (Lipinski definition) is 2. The molecule has 1 unspecified atom stereocenters. The zero-order valence-electron chi connectivity index (χ0n) is 9.69. The first-order chi connectivity index (χ1) is 7.19. The van der Waals surface area contributed by atoms with Crippen molar-refractivity contribution in [3.05, 3.63) is 0 Å². The van der Waals surface area contributed by atoms with Crippen LogP contribution >= 0.6 is 0 Å². The maximum Gasteiger partial charge on any atom is 0.156 e. The predicted octanol–water partition coefficient (Wildman–Crippen LogP) is 0.149. The first-order valence-electron chi connectivity index (χ1n) is 5.59. The van der Waals surface area contributed by atoms with Crippen molar-refractivity contribution in [2.75, 3.05) is 33.2 Å². The molecule has 0 aromatic rings. The summed E-state index contributed by atoms with van der Waals surface area (Å²) in [4.78, 5) is 4.60. The molecule has 1 aliphatic rings. The van der Waals surface area contributed by atoms with E-state index in [1.165, 1.54) is 0 Å². The quantitative estimate of drug-likeness (QED) is 0.302. The van der Waals surface area contributed by atoms with Crippen LogP contribution in [-0.4, -0.2) is 60.1 Å². The van der Waals surface area contributed by atoms with Gasteiger partial charge in [0, 0.05) is 26.2 Å². The standard InChI is InChI=1S/C10H22N4O/c1-3-4-9(10(11)12-15)14-7-5-13(2)6-8-14/h9,15H,3-8H2,1-2H3,(H2,11,12). The molecule has 0 saturated carbocycles. The topological polar surface area (TPSA) is 65.1 Å². The van der Waals surface area contributed by atoms with Crippen LogP contribution in [-0.2, 0) is 0 Å². The molecular formula is C10H22N4O. The molecule has 88 valence electrons. The summed E-state index contributed by atoms with van der Waals surface area (Å²) in [5, 5.41) is 11.9. The minimum atomic E-state index is 0.105. The van der Waals surface area contributed by atoms with Gasteiger partial charge in [0.25, 0.3) is 0 Å². The van der Waals surface area contributed by atoms with Crippen molar-refractivity contribution in [2.45, 2.75) is 25.8 Å². The molecule has 0 radical (unpaired) electrons. The molecule has 15 heavy (non-hydrogen) atoms. The molecule has 1 rings (SSSR count). The van der Waals surface area contributed by atoms with Gasteiger partial charge in [0.15, 0.2) is 5.84 Å². The summed E-state index contributed by atoms with van der Waals surface area (Å²) < 4.78 is 0. The van der Waals surface area contributed by atoms with Gasteiger partial charge in [-0.1, -0.05) is 18.5 Å². The summed E-state index contributed by atoms with van der Waals surface area (Å²) >= 11 is 0. The first kappa shape index (κ1) is 12.3. The zero-order valence-corrected chi connectivity index (χ0v) is 9.69. The highest BCUT2D eigenvalue weighted by Crippen LogP contribution is 2.10. The molecule has 3 N–H and O–H groups in total. The van der Waals surface area contributed by atoms with Crippen LogP contribution in [0.5, 0.6) is 0 Å². The number of hydrogen-bond acceptors (Lipinski definition) is 4. The Kier molecular flexibility index (Phi) is 4.84. The monoisotopic (exact) mass is 214 g/mol. The van der Waals surface area contributed by atoms with E-state index >= 15 is 0 Å². The molecule has 1 aliphatic heterocycles. The molecule has 0 aromatic heterocycles. The van der Waals surface area contributed by atoms with E-state index in [2.05, 4.69) is 28.9 Å². The summed E-state index contributed by atoms with van der Waals surface area (Å²) in [5.74, 6) is 0.349. The fourth-order valence-electron chi connectivity index (χ4n) is 1.99. The average molecular weight is 214 g/mol. The van der Waals surface area contributed by atoms with Gasteiger partial charge in [0.1, 0.15) is 0 Å². The van der Waals surface area contributed by atoms with Gasteiger partial charge < -0.3 is 15.8 Å². The Morgan fingerprint density at radius 1 is 1.40 bits per heavy atom. The lowest BCUT2D eigenvalue weighted by atomic mass is 10.1. The zero-order chi connectivity index (χ0) is 11.3. The van der Waals surface area contributed by atoms with Gasteiger partial charge in [-0.05, 0) is 13.5 Å². The van der Waals surface area contributed by atoms with E-state index in [1.807, 2.05) is 0 Å². The van der Waals surface area contributed by atoms with Gasteiger partial charge in [0.05, 0.1) is 6.04 Å². The maximum atomic E-state index is 8.74. The minimum absolute atomic E-state index is 0.105. The lowest BCUT2D eigenvalue weighted by molar-refractivity contribution is 0.130. The maximum absolute atomic E-state index is 8.74. The first-order valence-corrected chi connectivity index (χ1v) is 5.59. The summed E-state index contributed by atoms with van der Waals surface area (Å²) in [5.41, 5.74) is 5.71. The van der Waals surface area contributed by atoms with Crippen LogP contribution in [0, 0.1) is 0 Å². The highest BCUT2D eigenvalue weighted by molar-refractivity contribution is 5.85. The van der Waals surface area contributed by atoms with Crippen LogP contribution < -0.4 is 5.73 Å². The van der Waals surface area contributed by atoms with Crippen LogP contribution in [0.2, 0.25) is 0 Å². The van der Waals surface area contributed by atoms with Crippen molar-refractivity contribution in [3.63, 3.8) is 0 Å². The molecule has 0 amide bonds. The molecule has 5 nitrogen and oxygen atoms in total. The molecular weight excluding hydrogens is 192 g/mol. The van der Waals surface area contributed by atoms with Crippen molar-refractivity contribution in [1.82, 2.24) is 9.80 Å². The third kappa shape index (κ3) is 3.35. The van der Waals surface area contributed by atoms with Gasteiger partial charge in [-0.15, -0.1) is 0 Å². The van der Waals surface area contributed by atoms with Crippen molar-refractivity contribution in [3.8, 4) is 0 Å². The Morgan fingerprint density at radius 2 is 2.00 bits per heavy atom. The third-order valence-electron chi connectivity index (χ3n) is 3.00. The minimum Gasteiger partial charge on any atom is -0.409 e. The lowest BCUT2D eigenvalue weighted by Gasteiger charge is -2.37. The van der Waals surface area contributed by atoms with Crippen molar-refractivity contribution < 1.29 is 5.21 Å². The lowest BCUT2D eigenvalue weighted by Crippen LogP contribution is -2.53. The number of rotatable bonds is 4. The van der Waals surface area contributed by atoms with Crippen molar-refractivity contribution in [1.29, 1.82) is 0 Å². The van der Waals surface area contributed by atoms with Crippen LogP contribution in [0.15, 0.2) is 5.16 Å². The molecule has 5 heteroatoms. The van der Waals surface area contributed by atoms with Gasteiger partial charge >= 0.3 is 0 Å². The number of nitrogens with two attached hydrogens (primary N) is 1. The summed E-state index contributed by atoms with van der Waals surface area (Å²) in [6.45, 7) is 6.22. The van der Waals surface area contributed by atoms with Gasteiger partial charge in [-0.25, -0.2) is 0 Å². The summed E-state index contributed by atoms with van der Waals surface area (Å²) in [7, 11) is 2.12. The number of nitrogens with zero attached hydrogens (tertiary/aromatic N) is 3. The normalized spacial score (nSPS) is 22.9. The van der Waals surface area contributed by atoms with E-state index in [0.29, 0.717) is 5.84 Å². The van der Waals surface area contributed by atoms with Gasteiger partial charge in [0.2, 0.25) is 0 Å². The number of piperazine rings is 1. The second-order valence-corrected chi connectivity index (χ2v) is 4.17. The Morgan fingerprint density at radius 3 is 2.47 bits per heavy atom. The van der Waals surface area contributed by atoms with E-state index in [-0.39, 0.29) is 6.04 Å². The van der Waals surface area contributed by atoms with E-state index in [9.17, 15) is 0 Å². The second kappa shape index (κ2) is 5.92. The largest absolute Gasteiger partial charge is 0.409 e. The van der Waals surface area contributed by atoms with E-state index in [0.717, 1.165) is 39.0 Å². The Labute approximate surface area is 91.5 Å². The summed E-state index contributed by atoms with van der Waals surface area (Å²) in [6.07, 6.45) is 2.01. The second-order valence-electron chi connectivity index (χ2n) is 4.17. The molecule has 1 fully saturated rings. The van der Waals surface area contributed by atoms with E-state index in [1.54, 1.807) is 0 Å². The SMILES string of the molecule is CCCC(C(N)=NO)N1CCN(C)CC1. The van der Waals surface area contributed by atoms with E-state index in [4.69, 9.17) is 10.9 Å². The highest BCUT2D eigenvalue weighted by Gasteiger charge is 2.24. The highest BCUT2D eigenvalue weighted by atomic mass is 16.4. The Hall–Kier alpha value is -0.810. The van der Waals surface area contributed by atoms with Gasteiger partial charge in [-0.3, -0.25) is 4.90 Å². The smallest absolute Gasteiger partial charge is 0.156 e. The number of likely N-dealkylation sites (N-methyl/N-ethyl adjacent to an activating group) is 1. The third-order valence-corrected chi connectivity index (χ3v) is 3.00. The molecule has 1 saturated heterocycles. The molecule has 0 aromatic carbocycles.